The Morgan fingerprint density at radius 1 is 0.900 bits per heavy atom. The topological polar surface area (TPSA) is 27.7 Å². The van der Waals surface area contributed by atoms with Crippen LogP contribution in [0.2, 0.25) is 6.04 Å². The molecule has 0 fully saturated rings. The van der Waals surface area contributed by atoms with E-state index < -0.39 is 8.80 Å². The number of benzene rings is 1. The molecule has 0 atom stereocenters. The Morgan fingerprint density at radius 2 is 1.35 bits per heavy atom. The number of rotatable bonds is 8. The van der Waals surface area contributed by atoms with Gasteiger partial charge in [-0.3, -0.25) is 0 Å². The van der Waals surface area contributed by atoms with Gasteiger partial charge in [-0.25, -0.2) is 0 Å². The Kier molecular flexibility index (Phi) is 11.3. The molecule has 0 aliphatic heterocycles. The summed E-state index contributed by atoms with van der Waals surface area (Å²) >= 11 is 0. The summed E-state index contributed by atoms with van der Waals surface area (Å²) in [5.74, 6) is 0. The molecular weight excluding hydrogens is 268 g/mol. The van der Waals surface area contributed by atoms with Crippen LogP contribution in [-0.4, -0.2) is 28.6 Å². The molecule has 0 N–H and O–H groups in total. The molecular formula is C16H28O3Si. The second-order valence-electron chi connectivity index (χ2n) is 3.95. The summed E-state index contributed by atoms with van der Waals surface area (Å²) in [6.07, 6.45) is 1.83. The van der Waals surface area contributed by atoms with E-state index >= 15 is 0 Å². The van der Waals surface area contributed by atoms with Gasteiger partial charge in [0.05, 0.1) is 0 Å². The minimum atomic E-state index is -2.27. The number of hydrogen-bond acceptors (Lipinski definition) is 3. The van der Waals surface area contributed by atoms with Crippen LogP contribution in [0.1, 0.15) is 33.3 Å². The summed E-state index contributed by atoms with van der Waals surface area (Å²) in [4.78, 5) is 0. The maximum Gasteiger partial charge on any atom is 0.500 e. The molecule has 0 saturated carbocycles. The maximum atomic E-state index is 5.55. The first-order valence-electron chi connectivity index (χ1n) is 7.27. The molecule has 1 rings (SSSR count). The maximum absolute atomic E-state index is 5.55. The van der Waals surface area contributed by atoms with Crippen molar-refractivity contribution in [2.75, 3.05) is 19.8 Å². The van der Waals surface area contributed by atoms with Crippen LogP contribution in [0.25, 0.3) is 6.08 Å². The van der Waals surface area contributed by atoms with Crippen LogP contribution >= 0.6 is 0 Å². The molecule has 0 heterocycles. The number of hydrogen-bond donors (Lipinski definition) is 0. The van der Waals surface area contributed by atoms with Crippen molar-refractivity contribution in [1.29, 1.82) is 0 Å². The standard InChI is InChI=1S/C8H20O3Si.C8H8/c1-5-9-12(8-4,10-6-2)11-7-3;1-2-8-6-4-3-5-7-8/h5-8H2,1-4H3;2-7H,1H2. The zero-order chi connectivity index (χ0) is 15.3. The van der Waals surface area contributed by atoms with Crippen molar-refractivity contribution in [3.05, 3.63) is 42.5 Å². The van der Waals surface area contributed by atoms with Gasteiger partial charge in [0.25, 0.3) is 0 Å². The minimum Gasteiger partial charge on any atom is -0.374 e. The van der Waals surface area contributed by atoms with Crippen molar-refractivity contribution in [3.63, 3.8) is 0 Å². The first-order chi connectivity index (χ1) is 9.67. The molecule has 1 aromatic carbocycles. The molecule has 0 aliphatic carbocycles. The predicted molar refractivity (Wildman–Crippen MR) is 87.6 cm³/mol. The second-order valence-corrected chi connectivity index (χ2v) is 6.89. The lowest BCUT2D eigenvalue weighted by Crippen LogP contribution is -2.45. The van der Waals surface area contributed by atoms with Crippen LogP contribution in [0.4, 0.5) is 0 Å². The molecule has 0 saturated heterocycles. The molecule has 0 spiro atoms. The Hall–Kier alpha value is -0.943. The van der Waals surface area contributed by atoms with Crippen LogP contribution in [-0.2, 0) is 13.3 Å². The van der Waals surface area contributed by atoms with Crippen molar-refractivity contribution in [2.24, 2.45) is 0 Å². The first-order valence-corrected chi connectivity index (χ1v) is 9.20. The lowest BCUT2D eigenvalue weighted by Gasteiger charge is -2.26. The highest BCUT2D eigenvalue weighted by Crippen LogP contribution is 2.14. The van der Waals surface area contributed by atoms with Gasteiger partial charge in [0.1, 0.15) is 0 Å². The Morgan fingerprint density at radius 3 is 1.60 bits per heavy atom. The fraction of sp³-hybridized carbons (Fsp3) is 0.500. The van der Waals surface area contributed by atoms with Gasteiger partial charge in [0.2, 0.25) is 0 Å². The van der Waals surface area contributed by atoms with Crippen LogP contribution < -0.4 is 0 Å². The van der Waals surface area contributed by atoms with E-state index in [9.17, 15) is 0 Å². The fourth-order valence-corrected chi connectivity index (χ4v) is 3.86. The quantitative estimate of drug-likeness (QED) is 0.666. The fourth-order valence-electron chi connectivity index (χ4n) is 1.68. The van der Waals surface area contributed by atoms with Crippen LogP contribution in [0.15, 0.2) is 36.9 Å². The summed E-state index contributed by atoms with van der Waals surface area (Å²) in [5.41, 5.74) is 1.17. The molecule has 1 aromatic rings. The second kappa shape index (κ2) is 11.8. The SMILES string of the molecule is C=Cc1ccccc1.CCO[Si](CC)(OCC)OCC. The van der Waals surface area contributed by atoms with E-state index in [1.807, 2.05) is 64.1 Å². The third-order valence-electron chi connectivity index (χ3n) is 2.56. The van der Waals surface area contributed by atoms with E-state index in [0.29, 0.717) is 19.8 Å². The van der Waals surface area contributed by atoms with Gasteiger partial charge in [-0.2, -0.15) is 0 Å². The van der Waals surface area contributed by atoms with E-state index in [4.69, 9.17) is 13.3 Å². The summed E-state index contributed by atoms with van der Waals surface area (Å²) in [6, 6.07) is 10.9. The van der Waals surface area contributed by atoms with Crippen LogP contribution in [0.5, 0.6) is 0 Å². The third-order valence-corrected chi connectivity index (χ3v) is 5.61. The molecule has 0 bridgehead atoms. The van der Waals surface area contributed by atoms with E-state index in [-0.39, 0.29) is 0 Å². The third kappa shape index (κ3) is 7.60. The zero-order valence-corrected chi connectivity index (χ0v) is 14.2. The molecule has 0 radical (unpaired) electrons. The van der Waals surface area contributed by atoms with Gasteiger partial charge >= 0.3 is 8.80 Å². The molecule has 3 nitrogen and oxygen atoms in total. The summed E-state index contributed by atoms with van der Waals surface area (Å²) < 4.78 is 16.7. The summed E-state index contributed by atoms with van der Waals surface area (Å²) in [7, 11) is -2.27. The Bertz CT molecular complexity index is 324. The Balaban J connectivity index is 0.000000388. The first kappa shape index (κ1) is 19.1. The van der Waals surface area contributed by atoms with Gasteiger partial charge in [0.15, 0.2) is 0 Å². The van der Waals surface area contributed by atoms with Gasteiger partial charge in [0, 0.05) is 25.9 Å². The van der Waals surface area contributed by atoms with E-state index in [0.717, 1.165) is 6.04 Å². The highest BCUT2D eigenvalue weighted by molar-refractivity contribution is 6.60. The molecule has 4 heteroatoms. The summed E-state index contributed by atoms with van der Waals surface area (Å²) in [6.45, 7) is 13.6. The highest BCUT2D eigenvalue weighted by atomic mass is 28.4. The van der Waals surface area contributed by atoms with Crippen LogP contribution in [0, 0.1) is 0 Å². The van der Waals surface area contributed by atoms with Crippen molar-refractivity contribution in [2.45, 2.75) is 33.7 Å². The normalized spacial score (nSPS) is 10.6. The largest absolute Gasteiger partial charge is 0.500 e. The summed E-state index contributed by atoms with van der Waals surface area (Å²) in [5, 5.41) is 0. The van der Waals surface area contributed by atoms with Crippen molar-refractivity contribution in [3.8, 4) is 0 Å². The van der Waals surface area contributed by atoms with E-state index in [1.54, 1.807) is 0 Å². The van der Waals surface area contributed by atoms with Crippen molar-refractivity contribution in [1.82, 2.24) is 0 Å². The lowest BCUT2D eigenvalue weighted by atomic mass is 10.2. The van der Waals surface area contributed by atoms with E-state index in [2.05, 4.69) is 6.58 Å². The molecule has 114 valence electrons. The highest BCUT2D eigenvalue weighted by Gasteiger charge is 2.37. The smallest absolute Gasteiger partial charge is 0.374 e. The van der Waals surface area contributed by atoms with E-state index in [1.165, 1.54) is 5.56 Å². The molecule has 0 aliphatic rings. The minimum absolute atomic E-state index is 0.667. The van der Waals surface area contributed by atoms with Gasteiger partial charge in [-0.1, -0.05) is 49.9 Å². The van der Waals surface area contributed by atoms with Crippen molar-refractivity contribution >= 4 is 14.9 Å². The average molecular weight is 296 g/mol. The lowest BCUT2D eigenvalue weighted by molar-refractivity contribution is 0.0725. The average Bonchev–Trinajstić information content (AvgIpc) is 2.49. The van der Waals surface area contributed by atoms with Crippen LogP contribution in [0.3, 0.4) is 0 Å². The van der Waals surface area contributed by atoms with Gasteiger partial charge in [-0.15, -0.1) is 0 Å². The molecule has 0 aromatic heterocycles. The van der Waals surface area contributed by atoms with Gasteiger partial charge < -0.3 is 13.3 Å². The molecule has 20 heavy (non-hydrogen) atoms. The molecule has 0 amide bonds. The molecule has 0 unspecified atom stereocenters. The Labute approximate surface area is 124 Å². The zero-order valence-electron chi connectivity index (χ0n) is 13.2. The van der Waals surface area contributed by atoms with Gasteiger partial charge in [-0.05, 0) is 26.3 Å². The predicted octanol–water partition coefficient (Wildman–Crippen LogP) is 4.38. The van der Waals surface area contributed by atoms with Crippen molar-refractivity contribution < 1.29 is 13.3 Å². The monoisotopic (exact) mass is 296 g/mol.